The summed E-state index contributed by atoms with van der Waals surface area (Å²) in [4.78, 5) is 23.7. The standard InChI is InChI=1S/C18H32O5/c1-8-14(6)9-18(7,13(4)5)17(21)23-11-15(19)10-22-16(20)12(2)3/h13-15,19H,2,8-11H2,1,3-7H3. The number of carbonyl (C=O) groups excluding carboxylic acids is 2. The lowest BCUT2D eigenvalue weighted by Crippen LogP contribution is -2.38. The van der Waals surface area contributed by atoms with Gasteiger partial charge in [0.15, 0.2) is 0 Å². The molecule has 5 nitrogen and oxygen atoms in total. The highest BCUT2D eigenvalue weighted by Gasteiger charge is 2.39. The monoisotopic (exact) mass is 328 g/mol. The molecule has 0 saturated heterocycles. The molecule has 23 heavy (non-hydrogen) atoms. The molecule has 0 fully saturated rings. The Balaban J connectivity index is 4.53. The topological polar surface area (TPSA) is 72.8 Å². The lowest BCUT2D eigenvalue weighted by Gasteiger charge is -2.33. The molecular formula is C18H32O5. The largest absolute Gasteiger partial charge is 0.462 e. The molecule has 1 N–H and O–H groups in total. The summed E-state index contributed by atoms with van der Waals surface area (Å²) >= 11 is 0. The molecule has 0 rings (SSSR count). The van der Waals surface area contributed by atoms with E-state index >= 15 is 0 Å². The van der Waals surface area contributed by atoms with E-state index in [1.54, 1.807) is 0 Å². The number of hydrogen-bond donors (Lipinski definition) is 1. The van der Waals surface area contributed by atoms with E-state index in [1.807, 2.05) is 20.8 Å². The maximum absolute atomic E-state index is 12.5. The van der Waals surface area contributed by atoms with E-state index in [9.17, 15) is 14.7 Å². The third kappa shape index (κ3) is 7.16. The molecule has 0 aromatic carbocycles. The highest BCUT2D eigenvalue weighted by molar-refractivity contribution is 5.86. The Morgan fingerprint density at radius 1 is 1.17 bits per heavy atom. The van der Waals surface area contributed by atoms with Crippen LogP contribution >= 0.6 is 0 Å². The molecule has 0 bridgehead atoms. The van der Waals surface area contributed by atoms with Crippen LogP contribution in [0.15, 0.2) is 12.2 Å². The fourth-order valence-electron chi connectivity index (χ4n) is 2.10. The zero-order valence-corrected chi connectivity index (χ0v) is 15.3. The van der Waals surface area contributed by atoms with Gasteiger partial charge in [-0.15, -0.1) is 0 Å². The van der Waals surface area contributed by atoms with Gasteiger partial charge in [0.05, 0.1) is 5.41 Å². The van der Waals surface area contributed by atoms with Gasteiger partial charge in [-0.2, -0.15) is 0 Å². The number of esters is 2. The predicted octanol–water partition coefficient (Wildman–Crippen LogP) is 3.11. The van der Waals surface area contributed by atoms with E-state index in [2.05, 4.69) is 20.4 Å². The zero-order valence-electron chi connectivity index (χ0n) is 15.3. The Kier molecular flexibility index (Phi) is 9.13. The van der Waals surface area contributed by atoms with Crippen molar-refractivity contribution in [1.29, 1.82) is 0 Å². The lowest BCUT2D eigenvalue weighted by atomic mass is 9.72. The van der Waals surface area contributed by atoms with Gasteiger partial charge in [-0.1, -0.05) is 40.7 Å². The van der Waals surface area contributed by atoms with Crippen molar-refractivity contribution < 1.29 is 24.2 Å². The van der Waals surface area contributed by atoms with Crippen molar-refractivity contribution in [2.45, 2.75) is 60.5 Å². The smallest absolute Gasteiger partial charge is 0.333 e. The molecule has 134 valence electrons. The Bertz CT molecular complexity index is 416. The second kappa shape index (κ2) is 9.71. The number of hydrogen-bond acceptors (Lipinski definition) is 5. The number of ether oxygens (including phenoxy) is 2. The summed E-state index contributed by atoms with van der Waals surface area (Å²) in [5.41, 5.74) is -0.334. The number of aliphatic hydroxyl groups excluding tert-OH is 1. The fraction of sp³-hybridized carbons (Fsp3) is 0.778. The molecular weight excluding hydrogens is 296 g/mol. The lowest BCUT2D eigenvalue weighted by molar-refractivity contribution is -0.163. The van der Waals surface area contributed by atoms with Crippen LogP contribution in [-0.2, 0) is 19.1 Å². The van der Waals surface area contributed by atoms with Gasteiger partial charge in [-0.3, -0.25) is 4.79 Å². The predicted molar refractivity (Wildman–Crippen MR) is 89.8 cm³/mol. The van der Waals surface area contributed by atoms with E-state index in [0.717, 1.165) is 12.8 Å². The van der Waals surface area contributed by atoms with Crippen LogP contribution in [0.3, 0.4) is 0 Å². The van der Waals surface area contributed by atoms with E-state index in [4.69, 9.17) is 9.47 Å². The molecule has 3 unspecified atom stereocenters. The average molecular weight is 328 g/mol. The quantitative estimate of drug-likeness (QED) is 0.493. The summed E-state index contributed by atoms with van der Waals surface area (Å²) in [5.74, 6) is -0.351. The molecule has 0 radical (unpaired) electrons. The summed E-state index contributed by atoms with van der Waals surface area (Å²) in [5, 5.41) is 9.78. The first-order valence-electron chi connectivity index (χ1n) is 8.22. The number of aliphatic hydroxyl groups is 1. The summed E-state index contributed by atoms with van der Waals surface area (Å²) in [6.07, 6.45) is 0.692. The van der Waals surface area contributed by atoms with Crippen LogP contribution in [0.1, 0.15) is 54.4 Å². The minimum absolute atomic E-state index is 0.127. The second-order valence-electron chi connectivity index (χ2n) is 6.92. The third-order valence-corrected chi connectivity index (χ3v) is 4.37. The molecule has 3 atom stereocenters. The van der Waals surface area contributed by atoms with Crippen LogP contribution in [-0.4, -0.2) is 36.4 Å². The summed E-state index contributed by atoms with van der Waals surface area (Å²) in [6, 6.07) is 0. The van der Waals surface area contributed by atoms with E-state index in [0.29, 0.717) is 5.92 Å². The SMILES string of the molecule is C=C(C)C(=O)OCC(O)COC(=O)C(C)(CC(C)CC)C(C)C. The van der Waals surface area contributed by atoms with Gasteiger partial charge in [0.25, 0.3) is 0 Å². The van der Waals surface area contributed by atoms with Crippen molar-refractivity contribution >= 4 is 11.9 Å². The van der Waals surface area contributed by atoms with Gasteiger partial charge in [-0.25, -0.2) is 4.79 Å². The maximum atomic E-state index is 12.5. The van der Waals surface area contributed by atoms with Crippen LogP contribution in [0.5, 0.6) is 0 Å². The fourth-order valence-corrected chi connectivity index (χ4v) is 2.10. The molecule has 0 spiro atoms. The van der Waals surface area contributed by atoms with E-state index in [1.165, 1.54) is 6.92 Å². The summed E-state index contributed by atoms with van der Waals surface area (Å²) in [7, 11) is 0. The Hall–Kier alpha value is -1.36. The molecule has 0 aliphatic rings. The molecule has 0 saturated carbocycles. The second-order valence-corrected chi connectivity index (χ2v) is 6.92. The highest BCUT2D eigenvalue weighted by atomic mass is 16.6. The average Bonchev–Trinajstić information content (AvgIpc) is 2.49. The van der Waals surface area contributed by atoms with Crippen molar-refractivity contribution in [3.05, 3.63) is 12.2 Å². The van der Waals surface area contributed by atoms with Crippen molar-refractivity contribution in [2.24, 2.45) is 17.3 Å². The van der Waals surface area contributed by atoms with Gasteiger partial charge >= 0.3 is 11.9 Å². The first-order valence-corrected chi connectivity index (χ1v) is 8.22. The van der Waals surface area contributed by atoms with Crippen LogP contribution in [0.2, 0.25) is 0 Å². The highest BCUT2D eigenvalue weighted by Crippen LogP contribution is 2.36. The normalized spacial score (nSPS) is 16.3. The maximum Gasteiger partial charge on any atom is 0.333 e. The first-order chi connectivity index (χ1) is 10.5. The molecule has 0 aromatic rings. The molecule has 0 aliphatic carbocycles. The summed E-state index contributed by atoms with van der Waals surface area (Å²) < 4.78 is 10.1. The Morgan fingerprint density at radius 2 is 1.70 bits per heavy atom. The van der Waals surface area contributed by atoms with Crippen molar-refractivity contribution in [2.75, 3.05) is 13.2 Å². The molecule has 0 amide bonds. The minimum atomic E-state index is -1.04. The molecule has 0 aliphatic heterocycles. The van der Waals surface area contributed by atoms with Crippen molar-refractivity contribution in [1.82, 2.24) is 0 Å². The van der Waals surface area contributed by atoms with Crippen molar-refractivity contribution in [3.8, 4) is 0 Å². The van der Waals surface area contributed by atoms with Crippen LogP contribution < -0.4 is 0 Å². The summed E-state index contributed by atoms with van der Waals surface area (Å²) in [6.45, 7) is 14.7. The van der Waals surface area contributed by atoms with E-state index < -0.39 is 17.5 Å². The Morgan fingerprint density at radius 3 is 2.13 bits per heavy atom. The van der Waals surface area contributed by atoms with Gasteiger partial charge < -0.3 is 14.6 Å². The Labute approximate surface area is 140 Å². The first kappa shape index (κ1) is 21.6. The van der Waals surface area contributed by atoms with Gasteiger partial charge in [0.2, 0.25) is 0 Å². The van der Waals surface area contributed by atoms with Gasteiger partial charge in [0.1, 0.15) is 19.3 Å². The van der Waals surface area contributed by atoms with Crippen LogP contribution in [0.4, 0.5) is 0 Å². The third-order valence-electron chi connectivity index (χ3n) is 4.37. The van der Waals surface area contributed by atoms with Crippen molar-refractivity contribution in [3.63, 3.8) is 0 Å². The van der Waals surface area contributed by atoms with Crippen LogP contribution in [0.25, 0.3) is 0 Å². The minimum Gasteiger partial charge on any atom is -0.462 e. The van der Waals surface area contributed by atoms with E-state index in [-0.39, 0.29) is 30.7 Å². The molecule has 5 heteroatoms. The van der Waals surface area contributed by atoms with Gasteiger partial charge in [0, 0.05) is 5.57 Å². The van der Waals surface area contributed by atoms with Crippen LogP contribution in [0, 0.1) is 17.3 Å². The number of carbonyl (C=O) groups is 2. The zero-order chi connectivity index (χ0) is 18.2. The molecule has 0 aromatic heterocycles. The van der Waals surface area contributed by atoms with Gasteiger partial charge in [-0.05, 0) is 32.1 Å². The molecule has 0 heterocycles. The number of rotatable bonds is 10.